The lowest BCUT2D eigenvalue weighted by Crippen LogP contribution is -2.28. The maximum Gasteiger partial charge on any atom is 0.263 e. The minimum atomic E-state index is -0.0116. The molecule has 1 amide bonds. The van der Waals surface area contributed by atoms with Crippen LogP contribution in [0.4, 0.5) is 0 Å². The number of hydrogen-bond donors (Lipinski definition) is 1. The molecule has 0 fully saturated rings. The van der Waals surface area contributed by atoms with E-state index >= 15 is 0 Å². The Balaban J connectivity index is 2.31. The van der Waals surface area contributed by atoms with Crippen LogP contribution in [-0.2, 0) is 11.3 Å². The van der Waals surface area contributed by atoms with Gasteiger partial charge < -0.3 is 5.32 Å². The van der Waals surface area contributed by atoms with Gasteiger partial charge in [0.2, 0.25) is 5.91 Å². The van der Waals surface area contributed by atoms with E-state index in [1.54, 1.807) is 15.9 Å². The fraction of sp³-hybridized carbons (Fsp3) is 0.611. The van der Waals surface area contributed by atoms with E-state index in [-0.39, 0.29) is 17.2 Å². The van der Waals surface area contributed by atoms with Gasteiger partial charge in [-0.05, 0) is 31.7 Å². The number of aryl methyl sites for hydroxylation is 2. The van der Waals surface area contributed by atoms with Crippen LogP contribution in [0.5, 0.6) is 0 Å². The molecule has 138 valence electrons. The van der Waals surface area contributed by atoms with Gasteiger partial charge in [-0.25, -0.2) is 4.98 Å². The molecule has 0 aliphatic heterocycles. The number of thioether (sulfide) groups is 1. The molecule has 2 aromatic rings. The fourth-order valence-electron chi connectivity index (χ4n) is 2.53. The summed E-state index contributed by atoms with van der Waals surface area (Å²) in [7, 11) is 0. The highest BCUT2D eigenvalue weighted by Gasteiger charge is 2.18. The quantitative estimate of drug-likeness (QED) is 0.430. The molecule has 0 aromatic carbocycles. The molecule has 0 bridgehead atoms. The third-order valence-corrected chi connectivity index (χ3v) is 6.06. The van der Waals surface area contributed by atoms with Crippen molar-refractivity contribution in [3.63, 3.8) is 0 Å². The molecule has 25 heavy (non-hydrogen) atoms. The first-order valence-electron chi connectivity index (χ1n) is 8.75. The number of unbranched alkanes of at least 4 members (excludes halogenated alkanes) is 1. The Morgan fingerprint density at radius 3 is 2.72 bits per heavy atom. The van der Waals surface area contributed by atoms with Crippen LogP contribution >= 0.6 is 23.1 Å². The third kappa shape index (κ3) is 4.85. The molecular formula is C18H27N3O2S2. The van der Waals surface area contributed by atoms with Gasteiger partial charge in [0.05, 0.1) is 11.1 Å². The van der Waals surface area contributed by atoms with Gasteiger partial charge in [0.25, 0.3) is 5.56 Å². The van der Waals surface area contributed by atoms with E-state index in [2.05, 4.69) is 26.1 Å². The zero-order valence-electron chi connectivity index (χ0n) is 15.6. The third-order valence-electron chi connectivity index (χ3n) is 3.99. The smallest absolute Gasteiger partial charge is 0.263 e. The first-order chi connectivity index (χ1) is 11.8. The molecule has 0 spiro atoms. The maximum absolute atomic E-state index is 13.0. The normalized spacial score (nSPS) is 11.4. The zero-order chi connectivity index (χ0) is 18.6. The van der Waals surface area contributed by atoms with Gasteiger partial charge in [-0.2, -0.15) is 0 Å². The second kappa shape index (κ2) is 8.85. The average Bonchev–Trinajstić information content (AvgIpc) is 2.83. The maximum atomic E-state index is 13.0. The van der Waals surface area contributed by atoms with Crippen LogP contribution in [0, 0.1) is 19.8 Å². The Hall–Kier alpha value is -1.34. The second-order valence-electron chi connectivity index (χ2n) is 6.66. The van der Waals surface area contributed by atoms with Crippen LogP contribution in [0.15, 0.2) is 9.95 Å². The van der Waals surface area contributed by atoms with Crippen molar-refractivity contribution in [1.29, 1.82) is 0 Å². The number of carbonyl (C=O) groups is 1. The minimum Gasteiger partial charge on any atom is -0.355 e. The minimum absolute atomic E-state index is 0.00874. The van der Waals surface area contributed by atoms with E-state index in [0.29, 0.717) is 24.2 Å². The average molecular weight is 382 g/mol. The largest absolute Gasteiger partial charge is 0.355 e. The van der Waals surface area contributed by atoms with E-state index in [9.17, 15) is 9.59 Å². The van der Waals surface area contributed by atoms with Crippen molar-refractivity contribution in [3.05, 3.63) is 20.8 Å². The number of nitrogens with one attached hydrogen (secondary N) is 1. The van der Waals surface area contributed by atoms with Crippen LogP contribution < -0.4 is 10.9 Å². The molecule has 7 heteroatoms. The molecule has 2 aromatic heterocycles. The summed E-state index contributed by atoms with van der Waals surface area (Å²) in [5.41, 5.74) is 1.03. The number of nitrogens with zero attached hydrogens (tertiary/aromatic N) is 2. The van der Waals surface area contributed by atoms with Crippen LogP contribution in [0.25, 0.3) is 10.2 Å². The molecule has 2 rings (SSSR count). The summed E-state index contributed by atoms with van der Waals surface area (Å²) in [6.07, 6.45) is 2.03. The Kier molecular flexibility index (Phi) is 7.07. The number of fused-ring (bicyclic) bond motifs is 1. The van der Waals surface area contributed by atoms with Crippen molar-refractivity contribution in [2.45, 2.75) is 59.2 Å². The van der Waals surface area contributed by atoms with Gasteiger partial charge in [0.15, 0.2) is 5.16 Å². The monoisotopic (exact) mass is 381 g/mol. The molecule has 0 saturated carbocycles. The van der Waals surface area contributed by atoms with Crippen LogP contribution in [-0.4, -0.2) is 27.8 Å². The number of aromatic nitrogens is 2. The molecule has 0 saturated heterocycles. The van der Waals surface area contributed by atoms with Gasteiger partial charge in [-0.3, -0.25) is 14.2 Å². The lowest BCUT2D eigenvalue weighted by Gasteiger charge is -2.14. The Bertz CT molecular complexity index is 809. The predicted octanol–water partition coefficient (Wildman–Crippen LogP) is 3.74. The van der Waals surface area contributed by atoms with Crippen molar-refractivity contribution >= 4 is 39.2 Å². The molecule has 2 heterocycles. The summed E-state index contributed by atoms with van der Waals surface area (Å²) in [6.45, 7) is 11.5. The van der Waals surface area contributed by atoms with Crippen LogP contribution in [0.1, 0.15) is 44.1 Å². The molecule has 1 N–H and O–H groups in total. The van der Waals surface area contributed by atoms with Gasteiger partial charge >= 0.3 is 0 Å². The van der Waals surface area contributed by atoms with Crippen molar-refractivity contribution in [2.24, 2.45) is 5.92 Å². The molecular weight excluding hydrogens is 354 g/mol. The summed E-state index contributed by atoms with van der Waals surface area (Å²) in [4.78, 5) is 31.6. The standard InChI is InChI=1S/C18H27N3O2S2/c1-6-7-8-19-14(22)10-24-18-20-16-15(12(4)13(5)25-16)17(23)21(18)9-11(2)3/h11H,6-10H2,1-5H3,(H,19,22). The van der Waals surface area contributed by atoms with Crippen molar-refractivity contribution in [2.75, 3.05) is 12.3 Å². The van der Waals surface area contributed by atoms with Crippen molar-refractivity contribution in [1.82, 2.24) is 14.9 Å². The molecule has 5 nitrogen and oxygen atoms in total. The zero-order valence-corrected chi connectivity index (χ0v) is 17.3. The number of amides is 1. The molecule has 0 aliphatic rings. The number of hydrogen-bond acceptors (Lipinski definition) is 5. The highest BCUT2D eigenvalue weighted by molar-refractivity contribution is 7.99. The molecule has 0 radical (unpaired) electrons. The Morgan fingerprint density at radius 1 is 1.36 bits per heavy atom. The Morgan fingerprint density at radius 2 is 2.08 bits per heavy atom. The molecule has 0 unspecified atom stereocenters. The highest BCUT2D eigenvalue weighted by atomic mass is 32.2. The summed E-state index contributed by atoms with van der Waals surface area (Å²) < 4.78 is 1.73. The van der Waals surface area contributed by atoms with Gasteiger partial charge in [0, 0.05) is 18.0 Å². The number of rotatable bonds is 8. The first kappa shape index (κ1) is 20.0. The summed E-state index contributed by atoms with van der Waals surface area (Å²) in [5.74, 6) is 0.598. The van der Waals surface area contributed by atoms with Crippen LogP contribution in [0.2, 0.25) is 0 Å². The Labute approximate surface area is 157 Å². The van der Waals surface area contributed by atoms with Gasteiger partial charge in [-0.15, -0.1) is 11.3 Å². The first-order valence-corrected chi connectivity index (χ1v) is 10.5. The van der Waals surface area contributed by atoms with Crippen molar-refractivity contribution < 1.29 is 4.79 Å². The number of thiophene rings is 1. The summed E-state index contributed by atoms with van der Waals surface area (Å²) in [5, 5.41) is 4.27. The van der Waals surface area contributed by atoms with Crippen LogP contribution in [0.3, 0.4) is 0 Å². The summed E-state index contributed by atoms with van der Waals surface area (Å²) in [6, 6.07) is 0. The summed E-state index contributed by atoms with van der Waals surface area (Å²) >= 11 is 2.89. The SMILES string of the molecule is CCCCNC(=O)CSc1nc2sc(C)c(C)c2c(=O)n1CC(C)C. The lowest BCUT2D eigenvalue weighted by atomic mass is 10.2. The van der Waals surface area contributed by atoms with Gasteiger partial charge in [0.1, 0.15) is 4.83 Å². The topological polar surface area (TPSA) is 64.0 Å². The predicted molar refractivity (Wildman–Crippen MR) is 107 cm³/mol. The molecule has 0 aliphatic carbocycles. The highest BCUT2D eigenvalue weighted by Crippen LogP contribution is 2.28. The van der Waals surface area contributed by atoms with E-state index in [1.165, 1.54) is 11.8 Å². The lowest BCUT2D eigenvalue weighted by molar-refractivity contribution is -0.118. The number of carbonyl (C=O) groups excluding carboxylic acids is 1. The van der Waals surface area contributed by atoms with E-state index in [4.69, 9.17) is 4.98 Å². The fourth-order valence-corrected chi connectivity index (χ4v) is 4.44. The van der Waals surface area contributed by atoms with E-state index in [1.807, 2.05) is 13.8 Å². The van der Waals surface area contributed by atoms with E-state index < -0.39 is 0 Å². The van der Waals surface area contributed by atoms with Gasteiger partial charge in [-0.1, -0.05) is 39.0 Å². The van der Waals surface area contributed by atoms with Crippen molar-refractivity contribution in [3.8, 4) is 0 Å². The molecule has 0 atom stereocenters. The second-order valence-corrected chi connectivity index (χ2v) is 8.81. The van der Waals surface area contributed by atoms with E-state index in [0.717, 1.165) is 33.5 Å².